The number of hydrogen-bond acceptors (Lipinski definition) is 3. The van der Waals surface area contributed by atoms with E-state index in [-0.39, 0.29) is 12.5 Å². The molecular formula is C17H23NO4S. The lowest BCUT2D eigenvalue weighted by Gasteiger charge is -2.11. The summed E-state index contributed by atoms with van der Waals surface area (Å²) in [5.41, 5.74) is 0. The Hall–Kier alpha value is -1.66. The number of unbranched alkanes of at least 4 members (excludes halogenated alkanes) is 1. The van der Waals surface area contributed by atoms with E-state index >= 15 is 0 Å². The van der Waals surface area contributed by atoms with E-state index in [0.717, 1.165) is 25.7 Å². The van der Waals surface area contributed by atoms with Crippen molar-refractivity contribution in [3.05, 3.63) is 42.5 Å². The van der Waals surface area contributed by atoms with Crippen LogP contribution in [0.25, 0.3) is 0 Å². The van der Waals surface area contributed by atoms with Gasteiger partial charge in [-0.3, -0.25) is 4.79 Å². The molecule has 0 heterocycles. The highest BCUT2D eigenvalue weighted by Gasteiger charge is 2.24. The maximum atomic E-state index is 11.9. The van der Waals surface area contributed by atoms with E-state index in [4.69, 9.17) is 9.29 Å². The lowest BCUT2D eigenvalue weighted by Crippen LogP contribution is -2.31. The minimum absolute atomic E-state index is 0.188. The fourth-order valence-corrected chi connectivity index (χ4v) is 3.50. The van der Waals surface area contributed by atoms with Crippen LogP contribution in [0.2, 0.25) is 0 Å². The molecule has 0 bridgehead atoms. The van der Waals surface area contributed by atoms with Gasteiger partial charge in [0.25, 0.3) is 11.3 Å². The van der Waals surface area contributed by atoms with Crippen LogP contribution >= 0.6 is 0 Å². The molecule has 0 spiro atoms. The molecule has 126 valence electrons. The van der Waals surface area contributed by atoms with E-state index in [0.29, 0.717) is 18.1 Å². The quantitative estimate of drug-likeness (QED) is 0.536. The molecule has 2 rings (SSSR count). The van der Waals surface area contributed by atoms with Crippen LogP contribution in [0.3, 0.4) is 0 Å². The molecule has 5 nitrogen and oxygen atoms in total. The number of para-hydroxylation sites is 1. The Morgan fingerprint density at radius 2 is 2.13 bits per heavy atom. The van der Waals surface area contributed by atoms with Gasteiger partial charge in [-0.15, -0.1) is 0 Å². The second kappa shape index (κ2) is 9.47. The molecule has 1 aromatic rings. The van der Waals surface area contributed by atoms with Crippen LogP contribution in [0.5, 0.6) is 5.75 Å². The van der Waals surface area contributed by atoms with Crippen molar-refractivity contribution >= 4 is 17.2 Å². The van der Waals surface area contributed by atoms with Gasteiger partial charge < -0.3 is 9.29 Å². The normalized spacial score (nSPS) is 22.3. The lowest BCUT2D eigenvalue weighted by atomic mass is 10.1. The molecule has 2 N–H and O–H groups in total. The summed E-state index contributed by atoms with van der Waals surface area (Å²) >= 11 is -1.53. The number of rotatable bonds is 9. The topological polar surface area (TPSA) is 75.6 Å². The Kier molecular flexibility index (Phi) is 7.29. The first-order valence-corrected chi connectivity index (χ1v) is 9.01. The highest BCUT2D eigenvalue weighted by atomic mass is 32.2. The third-order valence-electron chi connectivity index (χ3n) is 3.82. The molecule has 0 aliphatic heterocycles. The summed E-state index contributed by atoms with van der Waals surface area (Å²) in [7, 11) is 0. The van der Waals surface area contributed by atoms with Gasteiger partial charge >= 0.3 is 5.97 Å². The van der Waals surface area contributed by atoms with Crippen LogP contribution in [0.1, 0.15) is 38.5 Å². The molecular weight excluding hydrogens is 314 g/mol. The van der Waals surface area contributed by atoms with Crippen LogP contribution in [0, 0.1) is 5.92 Å². The van der Waals surface area contributed by atoms with Crippen molar-refractivity contribution in [2.24, 2.45) is 5.92 Å². The van der Waals surface area contributed by atoms with E-state index in [1.54, 1.807) is 12.1 Å². The Labute approximate surface area is 139 Å². The SMILES string of the molecule is O=C(O)CCCC=C[C@@H]1CCC(NS(=O)Oc2ccccc2)C1. The molecule has 1 aliphatic rings. The van der Waals surface area contributed by atoms with E-state index in [1.165, 1.54) is 0 Å². The van der Waals surface area contributed by atoms with Crippen LogP contribution in [0.4, 0.5) is 0 Å². The smallest absolute Gasteiger partial charge is 0.303 e. The number of carboxylic acids is 1. The average Bonchev–Trinajstić information content (AvgIpc) is 2.95. The molecule has 23 heavy (non-hydrogen) atoms. The highest BCUT2D eigenvalue weighted by molar-refractivity contribution is 7.78. The monoisotopic (exact) mass is 337 g/mol. The Balaban J connectivity index is 1.65. The number of nitrogens with one attached hydrogen (secondary N) is 1. The van der Waals surface area contributed by atoms with Gasteiger partial charge in [-0.25, -0.2) is 4.72 Å². The lowest BCUT2D eigenvalue weighted by molar-refractivity contribution is -0.137. The summed E-state index contributed by atoms with van der Waals surface area (Å²) in [4.78, 5) is 10.4. The molecule has 2 unspecified atom stereocenters. The third kappa shape index (κ3) is 6.97. The maximum absolute atomic E-state index is 11.9. The predicted molar refractivity (Wildman–Crippen MR) is 90.1 cm³/mol. The van der Waals surface area contributed by atoms with Crippen LogP contribution in [-0.4, -0.2) is 21.3 Å². The summed E-state index contributed by atoms with van der Waals surface area (Å²) in [6.07, 6.45) is 8.86. The van der Waals surface area contributed by atoms with Crippen LogP contribution in [0.15, 0.2) is 42.5 Å². The van der Waals surface area contributed by atoms with E-state index in [2.05, 4.69) is 16.9 Å². The number of carbonyl (C=O) groups is 1. The number of carboxylic acid groups (broad SMARTS) is 1. The maximum Gasteiger partial charge on any atom is 0.303 e. The molecule has 0 amide bonds. The second-order valence-corrected chi connectivity index (χ2v) is 6.60. The largest absolute Gasteiger partial charge is 0.481 e. The summed E-state index contributed by atoms with van der Waals surface area (Å²) in [6.45, 7) is 0. The predicted octanol–water partition coefficient (Wildman–Crippen LogP) is 3.21. The third-order valence-corrected chi connectivity index (χ3v) is 4.69. The molecule has 0 aromatic heterocycles. The second-order valence-electron chi connectivity index (χ2n) is 5.73. The van der Waals surface area contributed by atoms with Gasteiger partial charge in [-0.2, -0.15) is 4.21 Å². The molecule has 0 radical (unpaired) electrons. The van der Waals surface area contributed by atoms with Gasteiger partial charge in [0.05, 0.1) is 0 Å². The molecule has 1 aliphatic carbocycles. The standard InChI is InChI=1S/C17H23NO4S/c19-17(20)10-6-1-3-7-14-11-12-15(13-14)18-23(21)22-16-8-4-2-5-9-16/h2-5,7-9,14-15,18H,1,6,10-13H2,(H,19,20)/t14-,15?,23?/m1/s1. The number of aliphatic carboxylic acids is 1. The van der Waals surface area contributed by atoms with Gasteiger partial charge in [-0.05, 0) is 50.2 Å². The molecule has 3 atom stereocenters. The number of allylic oxidation sites excluding steroid dienone is 2. The molecule has 1 saturated carbocycles. The van der Waals surface area contributed by atoms with Gasteiger partial charge in [0, 0.05) is 12.5 Å². The van der Waals surface area contributed by atoms with Gasteiger partial charge in [-0.1, -0.05) is 30.4 Å². The zero-order chi connectivity index (χ0) is 16.5. The summed E-state index contributed by atoms with van der Waals surface area (Å²) in [5.74, 6) is 0.307. The van der Waals surface area contributed by atoms with E-state index in [9.17, 15) is 9.00 Å². The van der Waals surface area contributed by atoms with Crippen LogP contribution in [-0.2, 0) is 16.1 Å². The first-order valence-electron chi connectivity index (χ1n) is 7.93. The van der Waals surface area contributed by atoms with Gasteiger partial charge in [0.15, 0.2) is 0 Å². The van der Waals surface area contributed by atoms with E-state index < -0.39 is 17.2 Å². The first-order chi connectivity index (χ1) is 11.1. The minimum atomic E-state index is -1.53. The summed E-state index contributed by atoms with van der Waals surface area (Å²) in [5, 5.41) is 8.58. The molecule has 0 saturated heterocycles. The van der Waals surface area contributed by atoms with Gasteiger partial charge in [0.1, 0.15) is 5.75 Å². The van der Waals surface area contributed by atoms with Crippen molar-refractivity contribution in [3.63, 3.8) is 0 Å². The molecule has 1 aromatic carbocycles. The zero-order valence-electron chi connectivity index (χ0n) is 13.0. The van der Waals surface area contributed by atoms with Gasteiger partial charge in [0.2, 0.25) is 0 Å². The Morgan fingerprint density at radius 3 is 2.87 bits per heavy atom. The molecule has 1 fully saturated rings. The summed E-state index contributed by atoms with van der Waals surface area (Å²) in [6, 6.07) is 9.30. The molecule has 6 heteroatoms. The van der Waals surface area contributed by atoms with E-state index in [1.807, 2.05) is 18.2 Å². The average molecular weight is 337 g/mol. The highest BCUT2D eigenvalue weighted by Crippen LogP contribution is 2.27. The zero-order valence-corrected chi connectivity index (χ0v) is 13.8. The van der Waals surface area contributed by atoms with Crippen molar-refractivity contribution in [1.82, 2.24) is 4.72 Å². The summed E-state index contributed by atoms with van der Waals surface area (Å²) < 4.78 is 20.3. The Morgan fingerprint density at radius 1 is 1.35 bits per heavy atom. The van der Waals surface area contributed by atoms with Crippen molar-refractivity contribution < 1.29 is 18.3 Å². The fourth-order valence-electron chi connectivity index (χ4n) is 2.68. The number of benzene rings is 1. The van der Waals surface area contributed by atoms with Crippen molar-refractivity contribution in [2.75, 3.05) is 0 Å². The minimum Gasteiger partial charge on any atom is -0.481 e. The van der Waals surface area contributed by atoms with Crippen molar-refractivity contribution in [1.29, 1.82) is 0 Å². The van der Waals surface area contributed by atoms with Crippen molar-refractivity contribution in [2.45, 2.75) is 44.6 Å². The van der Waals surface area contributed by atoms with Crippen LogP contribution < -0.4 is 8.91 Å². The number of hydrogen-bond donors (Lipinski definition) is 2. The Bertz CT molecular complexity index is 547. The van der Waals surface area contributed by atoms with Crippen molar-refractivity contribution in [3.8, 4) is 5.75 Å². The first kappa shape index (κ1) is 17.7. The fraction of sp³-hybridized carbons (Fsp3) is 0.471.